The van der Waals surface area contributed by atoms with E-state index in [4.69, 9.17) is 0 Å². The summed E-state index contributed by atoms with van der Waals surface area (Å²) in [4.78, 5) is 9.69. The van der Waals surface area contributed by atoms with Gasteiger partial charge in [0.05, 0.1) is 10.7 Å². The summed E-state index contributed by atoms with van der Waals surface area (Å²) in [6.07, 6.45) is 2.37. The van der Waals surface area contributed by atoms with Crippen molar-refractivity contribution >= 4 is 11.3 Å². The number of hydrogen-bond donors (Lipinski definition) is 0. The number of rotatable bonds is 5. The molecule has 3 nitrogen and oxygen atoms in total. The van der Waals surface area contributed by atoms with Crippen LogP contribution in [0.1, 0.15) is 31.0 Å². The molecule has 0 N–H and O–H groups in total. The molecule has 1 fully saturated rings. The van der Waals surface area contributed by atoms with Crippen LogP contribution in [0.15, 0.2) is 5.38 Å². The number of hydrogen-bond acceptors (Lipinski definition) is 4. The summed E-state index contributed by atoms with van der Waals surface area (Å²) in [5.41, 5.74) is 1.28. The lowest BCUT2D eigenvalue weighted by molar-refractivity contribution is 0.108. The fraction of sp³-hybridized carbons (Fsp3) is 0.786. The molecule has 102 valence electrons. The van der Waals surface area contributed by atoms with E-state index >= 15 is 0 Å². The van der Waals surface area contributed by atoms with Crippen molar-refractivity contribution in [2.45, 2.75) is 39.7 Å². The van der Waals surface area contributed by atoms with Gasteiger partial charge >= 0.3 is 0 Å². The van der Waals surface area contributed by atoms with Gasteiger partial charge in [-0.1, -0.05) is 0 Å². The van der Waals surface area contributed by atoms with Gasteiger partial charge < -0.3 is 4.90 Å². The van der Waals surface area contributed by atoms with Gasteiger partial charge in [0.1, 0.15) is 0 Å². The zero-order valence-corrected chi connectivity index (χ0v) is 12.7. The van der Waals surface area contributed by atoms with Gasteiger partial charge in [-0.2, -0.15) is 0 Å². The Morgan fingerprint density at radius 2 is 2.00 bits per heavy atom. The number of aromatic nitrogens is 1. The Labute approximate surface area is 115 Å². The molecule has 0 aromatic carbocycles. The molecular formula is C14H25N3S. The van der Waals surface area contributed by atoms with Crippen LogP contribution in [0.3, 0.4) is 0 Å². The van der Waals surface area contributed by atoms with Gasteiger partial charge in [-0.3, -0.25) is 4.90 Å². The van der Waals surface area contributed by atoms with Gasteiger partial charge in [0.25, 0.3) is 0 Å². The summed E-state index contributed by atoms with van der Waals surface area (Å²) in [6.45, 7) is 12.8. The van der Waals surface area contributed by atoms with Gasteiger partial charge in [0.2, 0.25) is 0 Å². The molecule has 0 amide bonds. The molecule has 0 unspecified atom stereocenters. The van der Waals surface area contributed by atoms with Gasteiger partial charge in [-0.15, -0.1) is 11.3 Å². The highest BCUT2D eigenvalue weighted by Crippen LogP contribution is 2.11. The topological polar surface area (TPSA) is 19.4 Å². The number of piperazine rings is 1. The quantitative estimate of drug-likeness (QED) is 0.817. The average Bonchev–Trinajstić information content (AvgIpc) is 2.76. The van der Waals surface area contributed by atoms with Crippen molar-refractivity contribution in [3.8, 4) is 0 Å². The monoisotopic (exact) mass is 267 g/mol. The molecule has 0 spiro atoms. The SMILES string of the molecule is Cc1nc(CCCN2CCN(C(C)C)CC2)cs1. The van der Waals surface area contributed by atoms with Crippen molar-refractivity contribution in [2.75, 3.05) is 32.7 Å². The lowest BCUT2D eigenvalue weighted by atomic mass is 10.2. The minimum Gasteiger partial charge on any atom is -0.301 e. The molecule has 1 aliphatic heterocycles. The second kappa shape index (κ2) is 6.64. The van der Waals surface area contributed by atoms with E-state index < -0.39 is 0 Å². The van der Waals surface area contributed by atoms with Gasteiger partial charge in [0, 0.05) is 37.6 Å². The van der Waals surface area contributed by atoms with Crippen molar-refractivity contribution in [3.63, 3.8) is 0 Å². The molecule has 0 aliphatic carbocycles. The lowest BCUT2D eigenvalue weighted by Crippen LogP contribution is -2.48. The van der Waals surface area contributed by atoms with Gasteiger partial charge in [0.15, 0.2) is 0 Å². The first-order valence-corrected chi connectivity index (χ1v) is 7.90. The maximum Gasteiger partial charge on any atom is 0.0897 e. The highest BCUT2D eigenvalue weighted by Gasteiger charge is 2.18. The summed E-state index contributed by atoms with van der Waals surface area (Å²) in [6, 6.07) is 0.699. The third-order valence-corrected chi connectivity index (χ3v) is 4.53. The van der Waals surface area contributed by atoms with Crippen LogP contribution in [0.5, 0.6) is 0 Å². The second-order valence-electron chi connectivity index (χ2n) is 5.43. The number of aryl methyl sites for hydroxylation is 2. The standard InChI is InChI=1S/C14H25N3S/c1-12(2)17-9-7-16(8-10-17)6-4-5-14-11-18-13(3)15-14/h11-12H,4-10H2,1-3H3. The first-order chi connectivity index (χ1) is 8.65. The van der Waals surface area contributed by atoms with Crippen molar-refractivity contribution in [3.05, 3.63) is 16.1 Å². The minimum atomic E-state index is 0.699. The molecule has 1 aliphatic rings. The molecule has 2 heterocycles. The van der Waals surface area contributed by atoms with Crippen LogP contribution in [0, 0.1) is 6.92 Å². The Hall–Kier alpha value is -0.450. The summed E-state index contributed by atoms with van der Waals surface area (Å²) >= 11 is 1.76. The Morgan fingerprint density at radius 1 is 1.28 bits per heavy atom. The number of thiazole rings is 1. The van der Waals surface area contributed by atoms with Crippen LogP contribution < -0.4 is 0 Å². The van der Waals surface area contributed by atoms with E-state index in [0.29, 0.717) is 6.04 Å². The van der Waals surface area contributed by atoms with Crippen LogP contribution in [0.2, 0.25) is 0 Å². The zero-order chi connectivity index (χ0) is 13.0. The fourth-order valence-corrected chi connectivity index (χ4v) is 3.16. The predicted octanol–water partition coefficient (Wildman–Crippen LogP) is 2.41. The molecule has 2 rings (SSSR count). The Kier molecular flexibility index (Phi) is 5.15. The van der Waals surface area contributed by atoms with E-state index in [1.807, 2.05) is 0 Å². The molecule has 1 saturated heterocycles. The van der Waals surface area contributed by atoms with Gasteiger partial charge in [-0.05, 0) is 40.2 Å². The van der Waals surface area contributed by atoms with E-state index in [1.165, 1.54) is 49.8 Å². The zero-order valence-electron chi connectivity index (χ0n) is 11.9. The van der Waals surface area contributed by atoms with E-state index in [9.17, 15) is 0 Å². The third-order valence-electron chi connectivity index (χ3n) is 3.71. The Morgan fingerprint density at radius 3 is 2.56 bits per heavy atom. The molecule has 18 heavy (non-hydrogen) atoms. The summed E-state index contributed by atoms with van der Waals surface area (Å²) in [5.74, 6) is 0. The van der Waals surface area contributed by atoms with Crippen LogP contribution in [-0.4, -0.2) is 53.5 Å². The molecule has 0 saturated carbocycles. The number of nitrogens with zero attached hydrogens (tertiary/aromatic N) is 3. The molecule has 0 atom stereocenters. The van der Waals surface area contributed by atoms with Crippen molar-refractivity contribution in [1.29, 1.82) is 0 Å². The maximum atomic E-state index is 4.52. The van der Waals surface area contributed by atoms with E-state index in [2.05, 4.69) is 40.9 Å². The molecule has 1 aromatic rings. The molecule has 4 heteroatoms. The summed E-state index contributed by atoms with van der Waals surface area (Å²) in [5, 5.41) is 3.39. The van der Waals surface area contributed by atoms with Gasteiger partial charge in [-0.25, -0.2) is 4.98 Å². The molecular weight excluding hydrogens is 242 g/mol. The Bertz CT molecular complexity index is 354. The molecule has 0 radical (unpaired) electrons. The largest absolute Gasteiger partial charge is 0.301 e. The third kappa shape index (κ3) is 4.04. The first-order valence-electron chi connectivity index (χ1n) is 7.02. The lowest BCUT2D eigenvalue weighted by Gasteiger charge is -2.36. The summed E-state index contributed by atoms with van der Waals surface area (Å²) < 4.78 is 0. The van der Waals surface area contributed by atoms with E-state index in [1.54, 1.807) is 11.3 Å². The highest BCUT2D eigenvalue weighted by molar-refractivity contribution is 7.09. The second-order valence-corrected chi connectivity index (χ2v) is 6.49. The van der Waals surface area contributed by atoms with Crippen LogP contribution in [-0.2, 0) is 6.42 Å². The fourth-order valence-electron chi connectivity index (χ4n) is 2.51. The minimum absolute atomic E-state index is 0.699. The van der Waals surface area contributed by atoms with Crippen molar-refractivity contribution in [2.24, 2.45) is 0 Å². The normalized spacial score (nSPS) is 18.7. The highest BCUT2D eigenvalue weighted by atomic mass is 32.1. The predicted molar refractivity (Wildman–Crippen MR) is 78.3 cm³/mol. The van der Waals surface area contributed by atoms with Crippen molar-refractivity contribution in [1.82, 2.24) is 14.8 Å². The van der Waals surface area contributed by atoms with E-state index in [-0.39, 0.29) is 0 Å². The molecule has 0 bridgehead atoms. The van der Waals surface area contributed by atoms with Crippen LogP contribution in [0.4, 0.5) is 0 Å². The van der Waals surface area contributed by atoms with E-state index in [0.717, 1.165) is 6.42 Å². The Balaban J connectivity index is 1.63. The average molecular weight is 267 g/mol. The van der Waals surface area contributed by atoms with Crippen molar-refractivity contribution < 1.29 is 0 Å². The molecule has 1 aromatic heterocycles. The summed E-state index contributed by atoms with van der Waals surface area (Å²) in [7, 11) is 0. The smallest absolute Gasteiger partial charge is 0.0897 e. The van der Waals surface area contributed by atoms with Crippen LogP contribution in [0.25, 0.3) is 0 Å². The maximum absolute atomic E-state index is 4.52. The first kappa shape index (κ1) is 14.0. The van der Waals surface area contributed by atoms with Crippen LogP contribution >= 0.6 is 11.3 Å².